The van der Waals surface area contributed by atoms with Crippen LogP contribution in [-0.4, -0.2) is 18.4 Å². The average molecular weight is 296 g/mol. The van der Waals surface area contributed by atoms with Crippen LogP contribution in [0.15, 0.2) is 28.7 Å². The van der Waals surface area contributed by atoms with Gasteiger partial charge in [-0.2, -0.15) is 0 Å². The quantitative estimate of drug-likeness (QED) is 0.896. The number of rotatable bonds is 4. The predicted octanol–water partition coefficient (Wildman–Crippen LogP) is 1.80. The second-order valence-electron chi connectivity index (χ2n) is 4.37. The van der Waals surface area contributed by atoms with Crippen molar-refractivity contribution in [2.75, 3.05) is 10.5 Å². The van der Waals surface area contributed by atoms with Gasteiger partial charge in [0, 0.05) is 23.7 Å². The van der Waals surface area contributed by atoms with Gasteiger partial charge in [-0.3, -0.25) is 9.71 Å². The van der Waals surface area contributed by atoms with Crippen molar-refractivity contribution in [3.8, 4) is 0 Å². The summed E-state index contributed by atoms with van der Waals surface area (Å²) in [7, 11) is -3.73. The minimum atomic E-state index is -3.73. The van der Waals surface area contributed by atoms with Crippen LogP contribution in [0.2, 0.25) is 0 Å². The Hall–Kier alpha value is -1.67. The number of hydrogen-bond acceptors (Lipinski definition) is 6. The summed E-state index contributed by atoms with van der Waals surface area (Å²) in [5, 5.41) is 2.26. The van der Waals surface area contributed by atoms with Crippen LogP contribution in [0.1, 0.15) is 24.5 Å². The molecule has 100 valence electrons. The van der Waals surface area contributed by atoms with Gasteiger partial charge in [-0.15, -0.1) is 11.3 Å². The predicted molar refractivity (Wildman–Crippen MR) is 73.5 cm³/mol. The molecule has 0 spiro atoms. The van der Waals surface area contributed by atoms with Crippen molar-refractivity contribution in [3.63, 3.8) is 0 Å². The van der Waals surface area contributed by atoms with E-state index < -0.39 is 10.0 Å². The van der Waals surface area contributed by atoms with Crippen LogP contribution in [0.25, 0.3) is 0 Å². The molecule has 1 aliphatic rings. The number of hydrogen-bond donors (Lipinski definition) is 2. The maximum absolute atomic E-state index is 12.2. The number of sulfonamides is 1. The number of pyridine rings is 1. The Morgan fingerprint density at radius 1 is 1.42 bits per heavy atom. The second kappa shape index (κ2) is 4.46. The summed E-state index contributed by atoms with van der Waals surface area (Å²) in [5.41, 5.74) is 6.78. The molecule has 0 atom stereocenters. The summed E-state index contributed by atoms with van der Waals surface area (Å²) in [4.78, 5) is 8.03. The number of thiazole rings is 1. The highest BCUT2D eigenvalue weighted by atomic mass is 32.2. The molecule has 2 aromatic heterocycles. The summed E-state index contributed by atoms with van der Waals surface area (Å²) in [6.07, 6.45) is 4.94. The van der Waals surface area contributed by atoms with Gasteiger partial charge in [-0.1, -0.05) is 0 Å². The number of nitrogens with two attached hydrogens (primary N) is 1. The zero-order chi connectivity index (χ0) is 13.5. The van der Waals surface area contributed by atoms with Crippen molar-refractivity contribution < 1.29 is 8.42 Å². The van der Waals surface area contributed by atoms with E-state index in [9.17, 15) is 8.42 Å². The molecule has 0 bridgehead atoms. The lowest BCUT2D eigenvalue weighted by molar-refractivity contribution is 0.601. The summed E-state index contributed by atoms with van der Waals surface area (Å²) >= 11 is 1.28. The molecule has 0 aliphatic heterocycles. The lowest BCUT2D eigenvalue weighted by Gasteiger charge is -2.06. The molecule has 0 radical (unpaired) electrons. The monoisotopic (exact) mass is 296 g/mol. The molecule has 3 N–H and O–H groups in total. The van der Waals surface area contributed by atoms with Gasteiger partial charge in [0.05, 0.1) is 11.4 Å². The first-order valence-electron chi connectivity index (χ1n) is 5.74. The van der Waals surface area contributed by atoms with E-state index in [1.807, 2.05) is 5.38 Å². The minimum absolute atomic E-state index is 0.0295. The maximum Gasteiger partial charge on any atom is 0.267 e. The lowest BCUT2D eigenvalue weighted by Crippen LogP contribution is -2.15. The Morgan fingerprint density at radius 2 is 2.21 bits per heavy atom. The summed E-state index contributed by atoms with van der Waals surface area (Å²) in [5.74, 6) is 0.498. The third-order valence-corrected chi connectivity index (χ3v) is 5.13. The Balaban J connectivity index is 1.86. The van der Waals surface area contributed by atoms with Crippen LogP contribution in [0.4, 0.5) is 10.8 Å². The molecule has 0 unspecified atom stereocenters. The third-order valence-electron chi connectivity index (χ3n) is 2.85. The van der Waals surface area contributed by atoms with Crippen molar-refractivity contribution in [3.05, 3.63) is 29.5 Å². The van der Waals surface area contributed by atoms with Crippen LogP contribution in [0.3, 0.4) is 0 Å². The van der Waals surface area contributed by atoms with Crippen LogP contribution in [0, 0.1) is 0 Å². The van der Waals surface area contributed by atoms with Crippen molar-refractivity contribution in [2.45, 2.75) is 23.7 Å². The van der Waals surface area contributed by atoms with Gasteiger partial charge in [0.15, 0.2) is 5.13 Å². The molecule has 0 amide bonds. The minimum Gasteiger partial charge on any atom is -0.398 e. The molecule has 19 heavy (non-hydrogen) atoms. The van der Waals surface area contributed by atoms with E-state index in [-0.39, 0.29) is 10.6 Å². The summed E-state index contributed by atoms with van der Waals surface area (Å²) in [6, 6.07) is 1.45. The van der Waals surface area contributed by atoms with E-state index >= 15 is 0 Å². The molecule has 3 rings (SSSR count). The Labute approximate surface area is 114 Å². The van der Waals surface area contributed by atoms with Crippen molar-refractivity contribution in [1.82, 2.24) is 9.97 Å². The second-order valence-corrected chi connectivity index (χ2v) is 6.88. The third kappa shape index (κ3) is 2.54. The van der Waals surface area contributed by atoms with Crippen molar-refractivity contribution >= 4 is 32.2 Å². The smallest absolute Gasteiger partial charge is 0.267 e. The number of aromatic nitrogens is 2. The van der Waals surface area contributed by atoms with Gasteiger partial charge in [-0.25, -0.2) is 13.4 Å². The zero-order valence-corrected chi connectivity index (χ0v) is 11.5. The van der Waals surface area contributed by atoms with E-state index in [0.29, 0.717) is 11.0 Å². The normalized spacial score (nSPS) is 15.4. The molecule has 6 nitrogen and oxygen atoms in total. The van der Waals surface area contributed by atoms with Crippen molar-refractivity contribution in [2.24, 2.45) is 0 Å². The highest BCUT2D eigenvalue weighted by Crippen LogP contribution is 2.41. The SMILES string of the molecule is Nc1ccncc1S(=O)(=O)Nc1nc(C2CC2)cs1. The van der Waals surface area contributed by atoms with E-state index in [0.717, 1.165) is 18.5 Å². The molecule has 1 aliphatic carbocycles. The van der Waals surface area contributed by atoms with Gasteiger partial charge in [0.2, 0.25) is 0 Å². The first-order valence-corrected chi connectivity index (χ1v) is 8.10. The van der Waals surface area contributed by atoms with E-state index in [4.69, 9.17) is 5.73 Å². The number of nitrogens with zero attached hydrogens (tertiary/aromatic N) is 2. The standard InChI is InChI=1S/C11H12N4O2S2/c12-8-3-4-13-5-10(8)19(16,17)15-11-14-9(6-18-11)7-1-2-7/h3-7H,1-2H2,(H2,12,13)(H,14,15). The molecular weight excluding hydrogens is 284 g/mol. The number of nitrogen functional groups attached to an aromatic ring is 1. The average Bonchev–Trinajstić information content (AvgIpc) is 3.11. The van der Waals surface area contributed by atoms with Crippen molar-refractivity contribution in [1.29, 1.82) is 0 Å². The van der Waals surface area contributed by atoms with Crippen LogP contribution in [0.5, 0.6) is 0 Å². The zero-order valence-electron chi connectivity index (χ0n) is 9.91. The Morgan fingerprint density at radius 3 is 2.89 bits per heavy atom. The fourth-order valence-corrected chi connectivity index (χ4v) is 3.81. The Bertz CT molecular complexity index is 707. The number of nitrogens with one attached hydrogen (secondary N) is 1. The largest absolute Gasteiger partial charge is 0.398 e. The van der Waals surface area contributed by atoms with E-state index in [2.05, 4.69) is 14.7 Å². The van der Waals surface area contributed by atoms with Crippen LogP contribution >= 0.6 is 11.3 Å². The fraction of sp³-hybridized carbons (Fsp3) is 0.273. The fourth-order valence-electron chi connectivity index (χ4n) is 1.68. The molecular formula is C11H12N4O2S2. The van der Waals surface area contributed by atoms with Gasteiger partial charge in [0.1, 0.15) is 4.90 Å². The summed E-state index contributed by atoms with van der Waals surface area (Å²) < 4.78 is 26.7. The lowest BCUT2D eigenvalue weighted by atomic mass is 10.3. The first kappa shape index (κ1) is 12.4. The first-order chi connectivity index (χ1) is 9.06. The summed E-state index contributed by atoms with van der Waals surface area (Å²) in [6.45, 7) is 0. The molecule has 0 saturated heterocycles. The highest BCUT2D eigenvalue weighted by molar-refractivity contribution is 7.93. The molecule has 1 saturated carbocycles. The molecule has 8 heteroatoms. The highest BCUT2D eigenvalue weighted by Gasteiger charge is 2.27. The molecule has 2 aromatic rings. The van der Waals surface area contributed by atoms with E-state index in [1.165, 1.54) is 29.8 Å². The van der Waals surface area contributed by atoms with E-state index in [1.54, 1.807) is 0 Å². The van der Waals surface area contributed by atoms with Gasteiger partial charge in [-0.05, 0) is 18.9 Å². The topological polar surface area (TPSA) is 98.0 Å². The Kier molecular flexibility index (Phi) is 2.90. The van der Waals surface area contributed by atoms with Gasteiger partial charge < -0.3 is 5.73 Å². The number of anilines is 2. The van der Waals surface area contributed by atoms with Crippen LogP contribution in [-0.2, 0) is 10.0 Å². The molecule has 0 aromatic carbocycles. The van der Waals surface area contributed by atoms with Crippen LogP contribution < -0.4 is 10.5 Å². The molecule has 2 heterocycles. The van der Waals surface area contributed by atoms with Gasteiger partial charge >= 0.3 is 0 Å². The maximum atomic E-state index is 12.2. The molecule has 1 fully saturated rings. The van der Waals surface area contributed by atoms with Gasteiger partial charge in [0.25, 0.3) is 10.0 Å².